The summed E-state index contributed by atoms with van der Waals surface area (Å²) in [4.78, 5) is 25.0. The first-order valence-corrected chi connectivity index (χ1v) is 10.7. The van der Waals surface area contributed by atoms with E-state index in [9.17, 15) is 9.59 Å². The molecule has 2 amide bonds. The van der Waals surface area contributed by atoms with Crippen molar-refractivity contribution in [1.29, 1.82) is 0 Å². The van der Waals surface area contributed by atoms with Crippen LogP contribution in [0.2, 0.25) is 0 Å². The van der Waals surface area contributed by atoms with E-state index in [4.69, 9.17) is 16.6 Å². The first-order valence-electron chi connectivity index (χ1n) is 10.3. The Morgan fingerprint density at radius 3 is 2.55 bits per heavy atom. The van der Waals surface area contributed by atoms with Gasteiger partial charge in [0.05, 0.1) is 24.1 Å². The Hall–Kier alpha value is -4.23. The van der Waals surface area contributed by atoms with E-state index in [-0.39, 0.29) is 23.5 Å². The molecule has 0 saturated heterocycles. The summed E-state index contributed by atoms with van der Waals surface area (Å²) in [6.07, 6.45) is 4.72. The number of anilines is 1. The Kier molecular flexibility index (Phi) is 6.92. The normalized spacial score (nSPS) is 10.8. The third kappa shape index (κ3) is 5.72. The standard InChI is InChI=1S/C26H21N3O3S/c30-24(15-14-19-9-5-8-18-7-1-2-11-21(18)19)29-26(33)28-23-13-4-3-12-22(23)25(31)27-17-20-10-6-16-32-20/h1-16H,17H2,(H,27,31)(H2,28,29,30,33). The molecule has 0 spiro atoms. The fraction of sp³-hybridized carbons (Fsp3) is 0.0385. The Morgan fingerprint density at radius 1 is 0.909 bits per heavy atom. The van der Waals surface area contributed by atoms with Crippen LogP contribution in [0.3, 0.4) is 0 Å². The van der Waals surface area contributed by atoms with E-state index in [1.165, 1.54) is 6.08 Å². The predicted octanol–water partition coefficient (Wildman–Crippen LogP) is 4.89. The zero-order valence-corrected chi connectivity index (χ0v) is 18.4. The van der Waals surface area contributed by atoms with E-state index < -0.39 is 0 Å². The second-order valence-electron chi connectivity index (χ2n) is 7.15. The number of fused-ring (bicyclic) bond motifs is 1. The maximum Gasteiger partial charge on any atom is 0.253 e. The van der Waals surface area contributed by atoms with E-state index in [0.29, 0.717) is 17.0 Å². The lowest BCUT2D eigenvalue weighted by molar-refractivity contribution is -0.115. The lowest BCUT2D eigenvalue weighted by Crippen LogP contribution is -2.33. The molecule has 0 fully saturated rings. The summed E-state index contributed by atoms with van der Waals surface area (Å²) >= 11 is 5.27. The van der Waals surface area contributed by atoms with Crippen molar-refractivity contribution in [2.24, 2.45) is 0 Å². The van der Waals surface area contributed by atoms with Gasteiger partial charge in [0.25, 0.3) is 5.91 Å². The van der Waals surface area contributed by atoms with Crippen molar-refractivity contribution in [3.8, 4) is 0 Å². The monoisotopic (exact) mass is 455 g/mol. The second-order valence-corrected chi connectivity index (χ2v) is 7.56. The van der Waals surface area contributed by atoms with E-state index in [0.717, 1.165) is 16.3 Å². The molecule has 3 aromatic carbocycles. The lowest BCUT2D eigenvalue weighted by atomic mass is 10.0. The molecule has 0 bridgehead atoms. The summed E-state index contributed by atoms with van der Waals surface area (Å²) < 4.78 is 5.23. The highest BCUT2D eigenvalue weighted by Gasteiger charge is 2.13. The summed E-state index contributed by atoms with van der Waals surface area (Å²) in [5.41, 5.74) is 1.81. The van der Waals surface area contributed by atoms with Crippen LogP contribution >= 0.6 is 12.2 Å². The molecule has 0 radical (unpaired) electrons. The Balaban J connectivity index is 1.38. The van der Waals surface area contributed by atoms with Crippen molar-refractivity contribution in [1.82, 2.24) is 10.6 Å². The highest BCUT2D eigenvalue weighted by atomic mass is 32.1. The summed E-state index contributed by atoms with van der Waals surface area (Å²) in [7, 11) is 0. The molecule has 3 N–H and O–H groups in total. The molecule has 0 aliphatic heterocycles. The smallest absolute Gasteiger partial charge is 0.253 e. The number of thiocarbonyl (C=S) groups is 1. The highest BCUT2D eigenvalue weighted by molar-refractivity contribution is 7.80. The summed E-state index contributed by atoms with van der Waals surface area (Å²) in [6, 6.07) is 24.3. The molecule has 7 heteroatoms. The second kappa shape index (κ2) is 10.4. The molecule has 0 aliphatic carbocycles. The highest BCUT2D eigenvalue weighted by Crippen LogP contribution is 2.19. The van der Waals surface area contributed by atoms with E-state index in [2.05, 4.69) is 16.0 Å². The molecule has 0 unspecified atom stereocenters. The van der Waals surface area contributed by atoms with Gasteiger partial charge in [-0.05, 0) is 58.9 Å². The van der Waals surface area contributed by atoms with Gasteiger partial charge in [0, 0.05) is 6.08 Å². The van der Waals surface area contributed by atoms with E-state index >= 15 is 0 Å². The van der Waals surface area contributed by atoms with Gasteiger partial charge in [0.15, 0.2) is 5.11 Å². The first-order chi connectivity index (χ1) is 16.1. The number of carbonyl (C=O) groups excluding carboxylic acids is 2. The van der Waals surface area contributed by atoms with Gasteiger partial charge in [-0.15, -0.1) is 0 Å². The quantitative estimate of drug-likeness (QED) is 0.285. The Labute approximate surface area is 196 Å². The minimum Gasteiger partial charge on any atom is -0.467 e. The molecular weight excluding hydrogens is 434 g/mol. The summed E-state index contributed by atoms with van der Waals surface area (Å²) in [5.74, 6) is -0.0192. The van der Waals surface area contributed by atoms with Crippen molar-refractivity contribution in [2.75, 3.05) is 5.32 Å². The molecule has 4 aromatic rings. The zero-order chi connectivity index (χ0) is 23.0. The molecule has 0 atom stereocenters. The third-order valence-electron chi connectivity index (χ3n) is 4.90. The number of nitrogens with one attached hydrogen (secondary N) is 3. The van der Waals surface area contributed by atoms with Crippen molar-refractivity contribution in [3.63, 3.8) is 0 Å². The topological polar surface area (TPSA) is 83.4 Å². The van der Waals surface area contributed by atoms with Crippen LogP contribution in [0.15, 0.2) is 95.6 Å². The maximum absolute atomic E-state index is 12.6. The van der Waals surface area contributed by atoms with E-state index in [1.54, 1.807) is 48.7 Å². The van der Waals surface area contributed by atoms with Gasteiger partial charge in [-0.2, -0.15) is 0 Å². The number of para-hydroxylation sites is 1. The van der Waals surface area contributed by atoms with Gasteiger partial charge in [-0.3, -0.25) is 14.9 Å². The van der Waals surface area contributed by atoms with Gasteiger partial charge in [-0.1, -0.05) is 54.6 Å². The Morgan fingerprint density at radius 2 is 1.70 bits per heavy atom. The molecule has 1 heterocycles. The average Bonchev–Trinajstić information content (AvgIpc) is 3.35. The summed E-state index contributed by atoms with van der Waals surface area (Å²) in [5, 5.41) is 10.6. The van der Waals surface area contributed by atoms with Crippen LogP contribution in [0.25, 0.3) is 16.8 Å². The number of hydrogen-bond acceptors (Lipinski definition) is 4. The number of rotatable bonds is 6. The first kappa shape index (κ1) is 22.0. The van der Waals surface area contributed by atoms with Crippen LogP contribution in [0.1, 0.15) is 21.7 Å². The molecule has 1 aromatic heterocycles. The number of carbonyl (C=O) groups is 2. The van der Waals surface area contributed by atoms with Crippen LogP contribution in [-0.4, -0.2) is 16.9 Å². The zero-order valence-electron chi connectivity index (χ0n) is 17.6. The van der Waals surface area contributed by atoms with Gasteiger partial charge in [0.1, 0.15) is 5.76 Å². The fourth-order valence-corrected chi connectivity index (χ4v) is 3.54. The van der Waals surface area contributed by atoms with Crippen molar-refractivity contribution < 1.29 is 14.0 Å². The van der Waals surface area contributed by atoms with E-state index in [1.807, 2.05) is 42.5 Å². The minimum atomic E-state index is -0.375. The number of benzene rings is 3. The van der Waals surface area contributed by atoms with Gasteiger partial charge in [0.2, 0.25) is 5.91 Å². The SMILES string of the molecule is O=C(C=Cc1cccc2ccccc12)NC(=S)Nc1ccccc1C(=O)NCc1ccco1. The van der Waals surface area contributed by atoms with Gasteiger partial charge >= 0.3 is 0 Å². The van der Waals surface area contributed by atoms with Crippen molar-refractivity contribution in [3.05, 3.63) is 108 Å². The summed E-state index contributed by atoms with van der Waals surface area (Å²) in [6.45, 7) is 0.264. The van der Waals surface area contributed by atoms with Gasteiger partial charge < -0.3 is 15.1 Å². The Bertz CT molecular complexity index is 1320. The number of amides is 2. The van der Waals surface area contributed by atoms with Crippen LogP contribution in [-0.2, 0) is 11.3 Å². The molecule has 33 heavy (non-hydrogen) atoms. The number of hydrogen-bond donors (Lipinski definition) is 3. The fourth-order valence-electron chi connectivity index (χ4n) is 3.33. The molecule has 4 rings (SSSR count). The molecule has 0 saturated carbocycles. The van der Waals surface area contributed by atoms with Crippen LogP contribution in [0, 0.1) is 0 Å². The lowest BCUT2D eigenvalue weighted by Gasteiger charge is -2.12. The maximum atomic E-state index is 12.6. The molecule has 6 nitrogen and oxygen atoms in total. The predicted molar refractivity (Wildman–Crippen MR) is 134 cm³/mol. The van der Waals surface area contributed by atoms with Gasteiger partial charge in [-0.25, -0.2) is 0 Å². The largest absolute Gasteiger partial charge is 0.467 e. The van der Waals surface area contributed by atoms with Crippen molar-refractivity contribution >= 4 is 51.7 Å². The molecule has 0 aliphatic rings. The van der Waals surface area contributed by atoms with Crippen LogP contribution in [0.4, 0.5) is 5.69 Å². The molecular formula is C26H21N3O3S. The minimum absolute atomic E-state index is 0.0915. The van der Waals surface area contributed by atoms with Crippen molar-refractivity contribution in [2.45, 2.75) is 6.54 Å². The number of furan rings is 1. The van der Waals surface area contributed by atoms with Crippen LogP contribution in [0.5, 0.6) is 0 Å². The third-order valence-corrected chi connectivity index (χ3v) is 5.10. The average molecular weight is 456 g/mol. The molecule has 164 valence electrons. The van der Waals surface area contributed by atoms with Crippen LogP contribution < -0.4 is 16.0 Å².